The summed E-state index contributed by atoms with van der Waals surface area (Å²) in [5, 5.41) is 41.4. The van der Waals surface area contributed by atoms with Crippen LogP contribution in [0.1, 0.15) is 94.3 Å². The lowest BCUT2D eigenvalue weighted by Crippen LogP contribution is -1.98. The van der Waals surface area contributed by atoms with E-state index in [-0.39, 0.29) is 23.0 Å². The van der Waals surface area contributed by atoms with Gasteiger partial charge in [0.15, 0.2) is 11.5 Å². The second kappa shape index (κ2) is 11.8. The van der Waals surface area contributed by atoms with E-state index in [2.05, 4.69) is 0 Å². The van der Waals surface area contributed by atoms with E-state index >= 15 is 0 Å². The fourth-order valence-electron chi connectivity index (χ4n) is 4.31. The van der Waals surface area contributed by atoms with Gasteiger partial charge in [-0.3, -0.25) is 0 Å². The highest BCUT2D eigenvalue weighted by atomic mass is 16.5. The second-order valence-corrected chi connectivity index (χ2v) is 8.77. The van der Waals surface area contributed by atoms with E-state index in [1.165, 1.54) is 63.1 Å². The third kappa shape index (κ3) is 7.35. The highest BCUT2D eigenvalue weighted by Gasteiger charge is 2.17. The Labute approximate surface area is 185 Å². The van der Waals surface area contributed by atoms with Crippen molar-refractivity contribution >= 4 is 0 Å². The molecule has 0 aromatic heterocycles. The predicted molar refractivity (Wildman–Crippen MR) is 122 cm³/mol. The van der Waals surface area contributed by atoms with Gasteiger partial charge in [0.25, 0.3) is 0 Å². The van der Waals surface area contributed by atoms with Crippen molar-refractivity contribution < 1.29 is 25.2 Å². The summed E-state index contributed by atoms with van der Waals surface area (Å²) in [7, 11) is 0. The maximum Gasteiger partial charge on any atom is 0.210 e. The van der Waals surface area contributed by atoms with Gasteiger partial charge in [0.1, 0.15) is 11.5 Å². The lowest BCUT2D eigenvalue weighted by molar-refractivity contribution is 0.162. The minimum atomic E-state index is -0.740. The van der Waals surface area contributed by atoms with Crippen LogP contribution in [0, 0.1) is 0 Å². The van der Waals surface area contributed by atoms with Gasteiger partial charge in [-0.15, -0.1) is 0 Å². The number of aliphatic hydroxyl groups is 1. The number of fused-ring (bicyclic) bond motifs is 15. The minimum Gasteiger partial charge on any atom is -0.508 e. The Morgan fingerprint density at radius 3 is 1.81 bits per heavy atom. The number of aryl methyl sites for hydroxylation is 1. The number of rotatable bonds is 0. The van der Waals surface area contributed by atoms with E-state index < -0.39 is 6.10 Å². The normalized spacial score (nSPS) is 19.7. The quantitative estimate of drug-likeness (QED) is 0.368. The minimum absolute atomic E-state index is 0.0744. The molecule has 2 aromatic rings. The van der Waals surface area contributed by atoms with Crippen molar-refractivity contribution in [2.75, 3.05) is 0 Å². The summed E-state index contributed by atoms with van der Waals surface area (Å²) < 4.78 is 5.72. The lowest BCUT2D eigenvalue weighted by atomic mass is 10.00. The summed E-state index contributed by atoms with van der Waals surface area (Å²) in [4.78, 5) is 0. The molecule has 2 aliphatic rings. The predicted octanol–water partition coefficient (Wildman–Crippen LogP) is 6.87. The first-order chi connectivity index (χ1) is 15.0. The average molecular weight is 429 g/mol. The number of ether oxygens (including phenoxy) is 1. The van der Waals surface area contributed by atoms with Gasteiger partial charge in [-0.05, 0) is 54.7 Å². The van der Waals surface area contributed by atoms with Crippen LogP contribution < -0.4 is 4.74 Å². The molecule has 31 heavy (non-hydrogen) atoms. The number of hydrogen-bond donors (Lipinski definition) is 4. The van der Waals surface area contributed by atoms with Crippen molar-refractivity contribution in [2.45, 2.75) is 89.6 Å². The number of phenolic OH excluding ortho intramolecular Hbond substituents is 3. The van der Waals surface area contributed by atoms with E-state index in [1.54, 1.807) is 6.07 Å². The molecule has 5 heteroatoms. The van der Waals surface area contributed by atoms with Crippen molar-refractivity contribution in [3.8, 4) is 28.7 Å². The highest BCUT2D eigenvalue weighted by molar-refractivity contribution is 5.55. The molecule has 4 rings (SSSR count). The smallest absolute Gasteiger partial charge is 0.210 e. The van der Waals surface area contributed by atoms with Crippen molar-refractivity contribution in [1.82, 2.24) is 0 Å². The molecule has 0 aliphatic carbocycles. The molecule has 4 bridgehead atoms. The Kier molecular flexibility index (Phi) is 8.89. The third-order valence-corrected chi connectivity index (χ3v) is 6.07. The van der Waals surface area contributed by atoms with Gasteiger partial charge in [-0.1, -0.05) is 64.2 Å². The molecule has 4 N–H and O–H groups in total. The van der Waals surface area contributed by atoms with Crippen molar-refractivity contribution in [3.05, 3.63) is 41.5 Å². The maximum absolute atomic E-state index is 10.5. The Morgan fingerprint density at radius 2 is 1.19 bits per heavy atom. The molecule has 2 aromatic carbocycles. The van der Waals surface area contributed by atoms with E-state index in [4.69, 9.17) is 4.74 Å². The molecule has 0 unspecified atom stereocenters. The number of aliphatic hydroxyl groups excluding tert-OH is 1. The van der Waals surface area contributed by atoms with Crippen molar-refractivity contribution in [3.63, 3.8) is 0 Å². The van der Waals surface area contributed by atoms with Gasteiger partial charge in [0.05, 0.1) is 6.10 Å². The molecule has 5 nitrogen and oxygen atoms in total. The molecule has 2 aliphatic heterocycles. The molecule has 2 heterocycles. The summed E-state index contributed by atoms with van der Waals surface area (Å²) in [6.45, 7) is 0. The number of aromatic hydroxyl groups is 3. The standard InChI is InChI=1S/C26H36O5/c27-21-14-19-12-10-8-6-4-2-1-3-5-7-9-11-13-23(28)20-16-24(29)26(25(30)17-20)31-22(15-19)18-21/h14-18,23,27-30H,1-13H2/t23-/m1/s1. The van der Waals surface area contributed by atoms with Gasteiger partial charge in [-0.2, -0.15) is 0 Å². The molecule has 0 amide bonds. The summed E-state index contributed by atoms with van der Waals surface area (Å²) in [5.41, 5.74) is 1.43. The SMILES string of the molecule is Oc1cc2cc(c1)Oc1c(O)cc(cc1O)[C@H](O)CCCCCCCCCCCCC2. The monoisotopic (exact) mass is 428 g/mol. The van der Waals surface area contributed by atoms with Crippen molar-refractivity contribution in [2.24, 2.45) is 0 Å². The molecule has 0 spiro atoms. The van der Waals surface area contributed by atoms with Gasteiger partial charge < -0.3 is 25.2 Å². The number of phenols is 3. The molecular formula is C26H36O5. The third-order valence-electron chi connectivity index (χ3n) is 6.07. The first-order valence-corrected chi connectivity index (χ1v) is 11.8. The van der Waals surface area contributed by atoms with Gasteiger partial charge in [-0.25, -0.2) is 0 Å². The van der Waals surface area contributed by atoms with Crippen molar-refractivity contribution in [1.29, 1.82) is 0 Å². The van der Waals surface area contributed by atoms with Crippen LogP contribution in [-0.4, -0.2) is 20.4 Å². The summed E-state index contributed by atoms with van der Waals surface area (Å²) in [6.07, 6.45) is 13.7. The van der Waals surface area contributed by atoms with Crippen LogP contribution in [0.3, 0.4) is 0 Å². The molecule has 0 radical (unpaired) electrons. The van der Waals surface area contributed by atoms with Crippen LogP contribution in [0.5, 0.6) is 28.7 Å². The zero-order chi connectivity index (χ0) is 22.1. The van der Waals surface area contributed by atoms with Crippen LogP contribution in [0.25, 0.3) is 0 Å². The summed E-state index contributed by atoms with van der Waals surface area (Å²) >= 11 is 0. The Hall–Kier alpha value is -2.40. The molecule has 170 valence electrons. The maximum atomic E-state index is 10.5. The van der Waals surface area contributed by atoms with E-state index in [0.29, 0.717) is 17.7 Å². The summed E-state index contributed by atoms with van der Waals surface area (Å²) in [5.74, 6) is -0.0965. The average Bonchev–Trinajstić information content (AvgIpc) is 2.72. The van der Waals surface area contributed by atoms with Gasteiger partial charge in [0.2, 0.25) is 5.75 Å². The number of benzene rings is 2. The zero-order valence-electron chi connectivity index (χ0n) is 18.4. The fourth-order valence-corrected chi connectivity index (χ4v) is 4.31. The van der Waals surface area contributed by atoms with Gasteiger partial charge in [0, 0.05) is 6.07 Å². The summed E-state index contributed by atoms with van der Waals surface area (Å²) in [6, 6.07) is 7.90. The molecule has 0 saturated heterocycles. The Balaban J connectivity index is 1.77. The van der Waals surface area contributed by atoms with Crippen LogP contribution >= 0.6 is 0 Å². The van der Waals surface area contributed by atoms with Crippen LogP contribution in [-0.2, 0) is 6.42 Å². The Morgan fingerprint density at radius 1 is 0.645 bits per heavy atom. The van der Waals surface area contributed by atoms with E-state index in [0.717, 1.165) is 37.7 Å². The second-order valence-electron chi connectivity index (χ2n) is 8.77. The first-order valence-electron chi connectivity index (χ1n) is 11.8. The Bertz CT molecular complexity index is 810. The van der Waals surface area contributed by atoms with Gasteiger partial charge >= 0.3 is 0 Å². The lowest BCUT2D eigenvalue weighted by Gasteiger charge is -2.16. The first kappa shape index (κ1) is 23.3. The largest absolute Gasteiger partial charge is 0.508 e. The highest BCUT2D eigenvalue weighted by Crippen LogP contribution is 2.42. The van der Waals surface area contributed by atoms with E-state index in [9.17, 15) is 20.4 Å². The molecule has 0 fully saturated rings. The van der Waals surface area contributed by atoms with Crippen LogP contribution in [0.15, 0.2) is 30.3 Å². The molecule has 0 saturated carbocycles. The van der Waals surface area contributed by atoms with Crippen LogP contribution in [0.2, 0.25) is 0 Å². The molecular weight excluding hydrogens is 392 g/mol. The molecule has 1 atom stereocenters. The van der Waals surface area contributed by atoms with Crippen LogP contribution in [0.4, 0.5) is 0 Å². The fraction of sp³-hybridized carbons (Fsp3) is 0.538. The topological polar surface area (TPSA) is 90.2 Å². The zero-order valence-corrected chi connectivity index (χ0v) is 18.4. The van der Waals surface area contributed by atoms with E-state index in [1.807, 2.05) is 6.07 Å². The number of hydrogen-bond acceptors (Lipinski definition) is 5.